The monoisotopic (exact) mass is 301 g/mol. The summed E-state index contributed by atoms with van der Waals surface area (Å²) in [6.07, 6.45) is 3.54. The maximum Gasteiger partial charge on any atom is 0.325 e. The topological polar surface area (TPSA) is 84.2 Å². The van der Waals surface area contributed by atoms with Gasteiger partial charge in [-0.15, -0.1) is 0 Å². The van der Waals surface area contributed by atoms with Crippen molar-refractivity contribution in [2.24, 2.45) is 0 Å². The molecule has 0 unspecified atom stereocenters. The number of anilines is 1. The highest BCUT2D eigenvalue weighted by Gasteiger charge is 2.07. The quantitative estimate of drug-likeness (QED) is 0.820. The summed E-state index contributed by atoms with van der Waals surface area (Å²) in [4.78, 5) is 22.4. The molecule has 1 amide bonds. The molecule has 1 aromatic carbocycles. The zero-order chi connectivity index (χ0) is 15.9. The van der Waals surface area contributed by atoms with Gasteiger partial charge in [-0.25, -0.2) is 0 Å². The third kappa shape index (κ3) is 4.73. The van der Waals surface area contributed by atoms with Gasteiger partial charge in [-0.2, -0.15) is 5.10 Å². The molecule has 2 rings (SSSR count). The first-order chi connectivity index (χ1) is 10.6. The van der Waals surface area contributed by atoms with Crippen molar-refractivity contribution in [1.29, 1.82) is 0 Å². The molecule has 0 saturated carbocycles. The van der Waals surface area contributed by atoms with E-state index >= 15 is 0 Å². The van der Waals surface area contributed by atoms with Gasteiger partial charge in [0.05, 0.1) is 0 Å². The van der Waals surface area contributed by atoms with E-state index in [0.29, 0.717) is 18.7 Å². The number of nitrogens with one attached hydrogen (secondary N) is 1. The van der Waals surface area contributed by atoms with Crippen LogP contribution in [0.5, 0.6) is 0 Å². The Kier molecular flexibility index (Phi) is 5.30. The number of hydrogen-bond donors (Lipinski definition) is 2. The summed E-state index contributed by atoms with van der Waals surface area (Å²) in [5.41, 5.74) is 2.39. The van der Waals surface area contributed by atoms with Crippen LogP contribution >= 0.6 is 0 Å². The van der Waals surface area contributed by atoms with Crippen molar-refractivity contribution in [3.8, 4) is 0 Å². The minimum atomic E-state index is -0.975. The summed E-state index contributed by atoms with van der Waals surface area (Å²) in [6.45, 7) is 1.88. The van der Waals surface area contributed by atoms with E-state index in [0.717, 1.165) is 12.0 Å². The number of carboxylic acids is 1. The van der Waals surface area contributed by atoms with Crippen molar-refractivity contribution >= 4 is 17.7 Å². The van der Waals surface area contributed by atoms with Crippen LogP contribution in [0, 0.1) is 0 Å². The summed E-state index contributed by atoms with van der Waals surface area (Å²) in [7, 11) is 0. The fraction of sp³-hybridized carbons (Fsp3) is 0.312. The molecule has 0 saturated heterocycles. The van der Waals surface area contributed by atoms with Gasteiger partial charge in [0.2, 0.25) is 5.91 Å². The van der Waals surface area contributed by atoms with E-state index in [2.05, 4.69) is 29.5 Å². The van der Waals surface area contributed by atoms with Crippen LogP contribution in [0.4, 0.5) is 5.82 Å². The first kappa shape index (κ1) is 15.8. The molecule has 6 heteroatoms. The fourth-order valence-electron chi connectivity index (χ4n) is 2.06. The molecule has 116 valence electrons. The van der Waals surface area contributed by atoms with Gasteiger partial charge in [-0.3, -0.25) is 14.3 Å². The van der Waals surface area contributed by atoms with Crippen LogP contribution in [0.2, 0.25) is 0 Å². The highest BCUT2D eigenvalue weighted by Crippen LogP contribution is 2.09. The molecule has 0 aliphatic carbocycles. The van der Waals surface area contributed by atoms with Gasteiger partial charge in [-0.1, -0.05) is 31.2 Å². The van der Waals surface area contributed by atoms with Crippen LogP contribution in [0.3, 0.4) is 0 Å². The molecule has 0 radical (unpaired) electrons. The molecule has 0 atom stereocenters. The Morgan fingerprint density at radius 3 is 2.50 bits per heavy atom. The number of hydrogen-bond acceptors (Lipinski definition) is 3. The zero-order valence-corrected chi connectivity index (χ0v) is 12.5. The SMILES string of the molecule is CCc1ccc(CCC(=O)Nc2ccn(CC(=O)O)n2)cc1. The number of aromatic nitrogens is 2. The van der Waals surface area contributed by atoms with Gasteiger partial charge in [0, 0.05) is 18.7 Å². The Morgan fingerprint density at radius 2 is 1.86 bits per heavy atom. The highest BCUT2D eigenvalue weighted by molar-refractivity contribution is 5.89. The third-order valence-electron chi connectivity index (χ3n) is 3.28. The van der Waals surface area contributed by atoms with Gasteiger partial charge in [0.25, 0.3) is 0 Å². The lowest BCUT2D eigenvalue weighted by molar-refractivity contribution is -0.137. The molecule has 6 nitrogen and oxygen atoms in total. The minimum Gasteiger partial charge on any atom is -0.480 e. The first-order valence-corrected chi connectivity index (χ1v) is 7.19. The number of benzene rings is 1. The van der Waals surface area contributed by atoms with E-state index in [4.69, 9.17) is 5.11 Å². The van der Waals surface area contributed by atoms with Gasteiger partial charge in [-0.05, 0) is 24.0 Å². The summed E-state index contributed by atoms with van der Waals surface area (Å²) < 4.78 is 1.27. The van der Waals surface area contributed by atoms with Crippen LogP contribution in [-0.2, 0) is 29.0 Å². The molecule has 0 aliphatic rings. The average molecular weight is 301 g/mol. The fourth-order valence-corrected chi connectivity index (χ4v) is 2.06. The van der Waals surface area contributed by atoms with Crippen molar-refractivity contribution < 1.29 is 14.7 Å². The predicted octanol–water partition coefficient (Wildman–Crippen LogP) is 2.10. The molecule has 2 aromatic rings. The van der Waals surface area contributed by atoms with Gasteiger partial charge >= 0.3 is 5.97 Å². The van der Waals surface area contributed by atoms with E-state index in [9.17, 15) is 9.59 Å². The standard InChI is InChI=1S/C16H19N3O3/c1-2-12-3-5-13(6-4-12)7-8-15(20)17-14-9-10-19(18-14)11-16(21)22/h3-6,9-10H,2,7-8,11H2,1H3,(H,21,22)(H,17,18,20). The van der Waals surface area contributed by atoms with Crippen molar-refractivity contribution in [2.45, 2.75) is 32.7 Å². The molecular weight excluding hydrogens is 282 g/mol. The number of rotatable bonds is 7. The van der Waals surface area contributed by atoms with Crippen molar-refractivity contribution in [1.82, 2.24) is 9.78 Å². The van der Waals surface area contributed by atoms with Gasteiger partial charge in [0.1, 0.15) is 6.54 Å². The van der Waals surface area contributed by atoms with Crippen molar-refractivity contribution in [3.63, 3.8) is 0 Å². The van der Waals surface area contributed by atoms with E-state index in [1.54, 1.807) is 6.07 Å². The third-order valence-corrected chi connectivity index (χ3v) is 3.28. The molecule has 0 spiro atoms. The molecule has 0 bridgehead atoms. The second-order valence-corrected chi connectivity index (χ2v) is 5.01. The number of amides is 1. The van der Waals surface area contributed by atoms with Crippen LogP contribution in [0.1, 0.15) is 24.5 Å². The van der Waals surface area contributed by atoms with E-state index in [1.165, 1.54) is 16.4 Å². The number of aryl methyl sites for hydroxylation is 2. The van der Waals surface area contributed by atoms with Crippen LogP contribution in [0.15, 0.2) is 36.5 Å². The summed E-state index contributed by atoms with van der Waals surface area (Å²) >= 11 is 0. The normalized spacial score (nSPS) is 10.4. The summed E-state index contributed by atoms with van der Waals surface area (Å²) in [5, 5.41) is 15.3. The van der Waals surface area contributed by atoms with Gasteiger partial charge in [0.15, 0.2) is 5.82 Å². The maximum atomic E-state index is 11.9. The summed E-state index contributed by atoms with van der Waals surface area (Å²) in [5.74, 6) is -0.746. The van der Waals surface area contributed by atoms with Crippen molar-refractivity contribution in [2.75, 3.05) is 5.32 Å². The predicted molar refractivity (Wildman–Crippen MR) is 82.6 cm³/mol. The van der Waals surface area contributed by atoms with E-state index in [-0.39, 0.29) is 12.5 Å². The van der Waals surface area contributed by atoms with E-state index < -0.39 is 5.97 Å². The van der Waals surface area contributed by atoms with Crippen LogP contribution in [-0.4, -0.2) is 26.8 Å². The first-order valence-electron chi connectivity index (χ1n) is 7.19. The Morgan fingerprint density at radius 1 is 1.18 bits per heavy atom. The second kappa shape index (κ2) is 7.40. The Labute approximate surface area is 128 Å². The number of nitrogens with zero attached hydrogens (tertiary/aromatic N) is 2. The lowest BCUT2D eigenvalue weighted by Crippen LogP contribution is -2.14. The second-order valence-electron chi connectivity index (χ2n) is 5.01. The van der Waals surface area contributed by atoms with Crippen LogP contribution < -0.4 is 5.32 Å². The smallest absolute Gasteiger partial charge is 0.325 e. The molecule has 1 heterocycles. The Hall–Kier alpha value is -2.63. The molecule has 0 aliphatic heterocycles. The Balaban J connectivity index is 1.82. The largest absolute Gasteiger partial charge is 0.480 e. The highest BCUT2D eigenvalue weighted by atomic mass is 16.4. The molecule has 22 heavy (non-hydrogen) atoms. The zero-order valence-electron chi connectivity index (χ0n) is 12.5. The molecular formula is C16H19N3O3. The average Bonchev–Trinajstić information content (AvgIpc) is 2.92. The van der Waals surface area contributed by atoms with Crippen LogP contribution in [0.25, 0.3) is 0 Å². The summed E-state index contributed by atoms with van der Waals surface area (Å²) in [6, 6.07) is 9.79. The number of carboxylic acid groups (broad SMARTS) is 1. The molecule has 0 fully saturated rings. The lowest BCUT2D eigenvalue weighted by atomic mass is 10.1. The lowest BCUT2D eigenvalue weighted by Gasteiger charge is -2.04. The molecule has 2 N–H and O–H groups in total. The maximum absolute atomic E-state index is 11.9. The van der Waals surface area contributed by atoms with E-state index in [1.807, 2.05) is 12.1 Å². The van der Waals surface area contributed by atoms with Crippen molar-refractivity contribution in [3.05, 3.63) is 47.7 Å². The number of carbonyl (C=O) groups is 2. The molecule has 1 aromatic heterocycles. The van der Waals surface area contributed by atoms with Gasteiger partial charge < -0.3 is 10.4 Å². The number of aliphatic carboxylic acids is 1. The minimum absolute atomic E-state index is 0.139. The Bertz CT molecular complexity index is 647. The number of carbonyl (C=O) groups excluding carboxylic acids is 1.